The van der Waals surface area contributed by atoms with E-state index in [0.29, 0.717) is 5.82 Å². The lowest BCUT2D eigenvalue weighted by Crippen LogP contribution is -2.21. The van der Waals surface area contributed by atoms with E-state index in [9.17, 15) is 4.79 Å². The predicted octanol–water partition coefficient (Wildman–Crippen LogP) is 4.12. The molecule has 7 nitrogen and oxygen atoms in total. The molecule has 0 aliphatic carbocycles. The van der Waals surface area contributed by atoms with Gasteiger partial charge >= 0.3 is 0 Å². The van der Waals surface area contributed by atoms with Gasteiger partial charge in [0, 0.05) is 24.4 Å². The summed E-state index contributed by atoms with van der Waals surface area (Å²) < 4.78 is 3.74. The zero-order valence-electron chi connectivity index (χ0n) is 18.1. The molecule has 1 N–H and O–H groups in total. The fourth-order valence-corrected chi connectivity index (χ4v) is 3.73. The molecule has 0 spiro atoms. The largest absolute Gasteiger partial charge is 0.331 e. The summed E-state index contributed by atoms with van der Waals surface area (Å²) in [5.41, 5.74) is 7.98. The van der Waals surface area contributed by atoms with Crippen LogP contribution in [0, 0.1) is 0 Å². The molecule has 2 aromatic heterocycles. The molecule has 5 rings (SSSR count). The van der Waals surface area contributed by atoms with Gasteiger partial charge in [0.25, 0.3) is 0 Å². The maximum atomic E-state index is 12.5. The van der Waals surface area contributed by atoms with Gasteiger partial charge < -0.3 is 4.57 Å². The first-order chi connectivity index (χ1) is 16.2. The molecule has 33 heavy (non-hydrogen) atoms. The van der Waals surface area contributed by atoms with Gasteiger partial charge in [-0.05, 0) is 24.3 Å². The smallest absolute Gasteiger partial charge is 0.247 e. The number of para-hydroxylation sites is 3. The zero-order chi connectivity index (χ0) is 22.6. The van der Waals surface area contributed by atoms with E-state index < -0.39 is 0 Å². The van der Waals surface area contributed by atoms with Crippen LogP contribution in [0.2, 0.25) is 0 Å². The first kappa shape index (κ1) is 20.4. The van der Waals surface area contributed by atoms with Gasteiger partial charge in [-0.15, -0.1) is 0 Å². The SMILES string of the molecule is Cn1c(CC(=O)N/N=C\c2cn(-c3ccccc3)nc2-c2ccccc2)nc2ccccc21. The topological polar surface area (TPSA) is 77.1 Å². The van der Waals surface area contributed by atoms with Gasteiger partial charge in [-0.3, -0.25) is 4.79 Å². The molecule has 5 aromatic rings. The average molecular weight is 435 g/mol. The Kier molecular flexibility index (Phi) is 5.51. The molecule has 0 unspecified atom stereocenters. The number of hydrogen-bond donors (Lipinski definition) is 1. The second kappa shape index (κ2) is 8.92. The van der Waals surface area contributed by atoms with Crippen molar-refractivity contribution in [1.29, 1.82) is 0 Å². The van der Waals surface area contributed by atoms with E-state index in [2.05, 4.69) is 15.5 Å². The third-order valence-electron chi connectivity index (χ3n) is 5.40. The van der Waals surface area contributed by atoms with Gasteiger partial charge in [0.05, 0.1) is 29.4 Å². The number of rotatable bonds is 6. The highest BCUT2D eigenvalue weighted by molar-refractivity contribution is 5.90. The maximum Gasteiger partial charge on any atom is 0.247 e. The second-order valence-corrected chi connectivity index (χ2v) is 7.62. The molecule has 162 valence electrons. The number of amides is 1. The lowest BCUT2D eigenvalue weighted by molar-refractivity contribution is -0.120. The lowest BCUT2D eigenvalue weighted by atomic mass is 10.1. The van der Waals surface area contributed by atoms with Crippen LogP contribution in [-0.4, -0.2) is 31.5 Å². The van der Waals surface area contributed by atoms with Crippen molar-refractivity contribution in [2.45, 2.75) is 6.42 Å². The number of nitrogens with one attached hydrogen (secondary N) is 1. The molecule has 1 amide bonds. The van der Waals surface area contributed by atoms with Crippen LogP contribution in [0.15, 0.2) is 96.2 Å². The standard InChI is InChI=1S/C26H22N6O/c1-31-23-15-9-8-14-22(23)28-24(31)16-25(33)29-27-17-20-18-32(21-12-6-3-7-13-21)30-26(20)19-10-4-2-5-11-19/h2-15,17-18H,16H2,1H3,(H,29,33)/b27-17-. The van der Waals surface area contributed by atoms with Crippen molar-refractivity contribution in [3.05, 3.63) is 103 Å². The highest BCUT2D eigenvalue weighted by Gasteiger charge is 2.13. The van der Waals surface area contributed by atoms with Crippen molar-refractivity contribution < 1.29 is 4.79 Å². The molecular weight excluding hydrogens is 412 g/mol. The number of imidazole rings is 1. The predicted molar refractivity (Wildman–Crippen MR) is 129 cm³/mol. The van der Waals surface area contributed by atoms with Gasteiger partial charge in [-0.1, -0.05) is 60.7 Å². The number of aromatic nitrogens is 4. The summed E-state index contributed by atoms with van der Waals surface area (Å²) in [5.74, 6) is 0.451. The van der Waals surface area contributed by atoms with E-state index in [1.54, 1.807) is 6.21 Å². The Bertz CT molecular complexity index is 1430. The molecule has 0 saturated heterocycles. The summed E-state index contributed by atoms with van der Waals surface area (Å²) in [6, 6.07) is 27.6. The van der Waals surface area contributed by atoms with Crippen molar-refractivity contribution in [2.75, 3.05) is 0 Å². The van der Waals surface area contributed by atoms with Crippen LogP contribution >= 0.6 is 0 Å². The minimum absolute atomic E-state index is 0.136. The summed E-state index contributed by atoms with van der Waals surface area (Å²) in [6.07, 6.45) is 3.66. The summed E-state index contributed by atoms with van der Waals surface area (Å²) in [7, 11) is 1.91. The number of hydrazone groups is 1. The number of carbonyl (C=O) groups is 1. The van der Waals surface area contributed by atoms with Gasteiger partial charge in [0.2, 0.25) is 5.91 Å². The van der Waals surface area contributed by atoms with Crippen LogP contribution in [0.5, 0.6) is 0 Å². The maximum absolute atomic E-state index is 12.5. The Morgan fingerprint density at radius 3 is 2.42 bits per heavy atom. The molecule has 0 atom stereocenters. The van der Waals surface area contributed by atoms with Crippen LogP contribution in [0.4, 0.5) is 0 Å². The molecule has 0 fully saturated rings. The Hall–Kier alpha value is -4.52. The van der Waals surface area contributed by atoms with Crippen molar-refractivity contribution in [1.82, 2.24) is 24.8 Å². The Labute approximate surface area is 191 Å². The zero-order valence-corrected chi connectivity index (χ0v) is 18.1. The highest BCUT2D eigenvalue weighted by atomic mass is 16.2. The third kappa shape index (κ3) is 4.29. The van der Waals surface area contributed by atoms with Gasteiger partial charge in [-0.2, -0.15) is 10.2 Å². The summed E-state index contributed by atoms with van der Waals surface area (Å²) in [5, 5.41) is 8.95. The van der Waals surface area contributed by atoms with Crippen molar-refractivity contribution in [3.63, 3.8) is 0 Å². The van der Waals surface area contributed by atoms with Gasteiger partial charge in [0.15, 0.2) is 0 Å². The van der Waals surface area contributed by atoms with Crippen molar-refractivity contribution in [2.24, 2.45) is 12.1 Å². The van der Waals surface area contributed by atoms with Crippen LogP contribution < -0.4 is 5.43 Å². The Morgan fingerprint density at radius 2 is 1.67 bits per heavy atom. The minimum Gasteiger partial charge on any atom is -0.331 e. The van der Waals surface area contributed by atoms with Gasteiger partial charge in [-0.25, -0.2) is 15.1 Å². The molecule has 2 heterocycles. The van der Waals surface area contributed by atoms with E-state index in [0.717, 1.165) is 33.5 Å². The minimum atomic E-state index is -0.235. The Morgan fingerprint density at radius 1 is 0.970 bits per heavy atom. The van der Waals surface area contributed by atoms with E-state index in [1.165, 1.54) is 0 Å². The molecule has 0 aliphatic heterocycles. The van der Waals surface area contributed by atoms with E-state index in [-0.39, 0.29) is 12.3 Å². The quantitative estimate of drug-likeness (QED) is 0.323. The molecule has 0 aliphatic rings. The van der Waals surface area contributed by atoms with Crippen LogP contribution in [-0.2, 0) is 18.3 Å². The average Bonchev–Trinajstić information content (AvgIpc) is 3.42. The van der Waals surface area contributed by atoms with Crippen LogP contribution in [0.1, 0.15) is 11.4 Å². The summed E-state index contributed by atoms with van der Waals surface area (Å²) in [4.78, 5) is 17.1. The van der Waals surface area contributed by atoms with Crippen molar-refractivity contribution in [3.8, 4) is 16.9 Å². The van der Waals surface area contributed by atoms with Gasteiger partial charge in [0.1, 0.15) is 11.5 Å². The Balaban J connectivity index is 1.36. The number of aryl methyl sites for hydroxylation is 1. The molecule has 3 aromatic carbocycles. The first-order valence-electron chi connectivity index (χ1n) is 10.6. The summed E-state index contributed by atoms with van der Waals surface area (Å²) >= 11 is 0. The van der Waals surface area contributed by atoms with E-state index >= 15 is 0 Å². The molecular formula is C26H22N6O. The monoisotopic (exact) mass is 434 g/mol. The van der Waals surface area contributed by atoms with Crippen molar-refractivity contribution >= 4 is 23.2 Å². The first-order valence-corrected chi connectivity index (χ1v) is 10.6. The highest BCUT2D eigenvalue weighted by Crippen LogP contribution is 2.22. The number of carbonyl (C=O) groups excluding carboxylic acids is 1. The molecule has 7 heteroatoms. The fourth-order valence-electron chi connectivity index (χ4n) is 3.73. The lowest BCUT2D eigenvalue weighted by Gasteiger charge is -2.01. The molecule has 0 bridgehead atoms. The second-order valence-electron chi connectivity index (χ2n) is 7.62. The number of fused-ring (bicyclic) bond motifs is 1. The van der Waals surface area contributed by atoms with Crippen LogP contribution in [0.25, 0.3) is 28.0 Å². The fraction of sp³-hybridized carbons (Fsp3) is 0.0769. The normalized spacial score (nSPS) is 11.3. The number of nitrogens with zero attached hydrogens (tertiary/aromatic N) is 5. The summed E-state index contributed by atoms with van der Waals surface area (Å²) in [6.45, 7) is 0. The molecule has 0 saturated carbocycles. The van der Waals surface area contributed by atoms with Crippen LogP contribution in [0.3, 0.4) is 0 Å². The van der Waals surface area contributed by atoms with E-state index in [4.69, 9.17) is 5.10 Å². The third-order valence-corrected chi connectivity index (χ3v) is 5.40. The number of hydrogen-bond acceptors (Lipinski definition) is 4. The number of benzene rings is 3. The molecule has 0 radical (unpaired) electrons. The van der Waals surface area contributed by atoms with E-state index in [1.807, 2.05) is 107 Å².